The second-order valence-corrected chi connectivity index (χ2v) is 11.1. The standard InChI is InChI=1S/C33H35N3O6/c37-31-20-35(23-13-17-41-18-14-23)15-16-36(31)24-11-9-22(10-12-24)19-30(32(38)39)34-33(40)42-21-29-27-7-3-1-5-25(27)26-6-2-4-8-28(26)29/h1-12,23,29-30H,13-21H2,(H,34,40)(H,38,39)/t30-/m0/s1. The van der Waals surface area contributed by atoms with E-state index in [4.69, 9.17) is 9.47 Å². The molecule has 2 amide bonds. The minimum Gasteiger partial charge on any atom is -0.480 e. The second kappa shape index (κ2) is 12.3. The van der Waals surface area contributed by atoms with Crippen LogP contribution in [-0.4, -0.2) is 79.5 Å². The number of amides is 2. The van der Waals surface area contributed by atoms with E-state index in [2.05, 4.69) is 22.3 Å². The van der Waals surface area contributed by atoms with Crippen LogP contribution in [0.4, 0.5) is 10.5 Å². The molecule has 42 heavy (non-hydrogen) atoms. The maximum absolute atomic E-state index is 12.9. The zero-order valence-electron chi connectivity index (χ0n) is 23.4. The number of alkyl carbamates (subject to hydrolysis) is 1. The summed E-state index contributed by atoms with van der Waals surface area (Å²) in [5.41, 5.74) is 5.94. The van der Waals surface area contributed by atoms with Gasteiger partial charge in [0.15, 0.2) is 0 Å². The number of aliphatic carboxylic acids is 1. The molecule has 6 rings (SSSR count). The number of carbonyl (C=O) groups is 3. The topological polar surface area (TPSA) is 108 Å². The number of carboxylic acid groups (broad SMARTS) is 1. The quantitative estimate of drug-likeness (QED) is 0.421. The molecule has 1 aliphatic carbocycles. The van der Waals surface area contributed by atoms with Crippen LogP contribution in [0, 0.1) is 0 Å². The Morgan fingerprint density at radius 2 is 1.57 bits per heavy atom. The third-order valence-electron chi connectivity index (χ3n) is 8.58. The van der Waals surface area contributed by atoms with Crippen molar-refractivity contribution in [2.45, 2.75) is 37.3 Å². The minimum absolute atomic E-state index is 0.0563. The number of hydrogen-bond donors (Lipinski definition) is 2. The number of nitrogens with zero attached hydrogens (tertiary/aromatic N) is 2. The monoisotopic (exact) mass is 569 g/mol. The highest BCUT2D eigenvalue weighted by Gasteiger charge is 2.32. The summed E-state index contributed by atoms with van der Waals surface area (Å²) in [4.78, 5) is 41.7. The molecule has 0 aromatic heterocycles. The Labute approximate surface area is 245 Å². The van der Waals surface area contributed by atoms with Crippen molar-refractivity contribution in [2.24, 2.45) is 0 Å². The van der Waals surface area contributed by atoms with Gasteiger partial charge in [0.2, 0.25) is 5.91 Å². The molecule has 0 bridgehead atoms. The van der Waals surface area contributed by atoms with Crippen molar-refractivity contribution in [3.63, 3.8) is 0 Å². The zero-order valence-corrected chi connectivity index (χ0v) is 23.4. The number of carbonyl (C=O) groups excluding carboxylic acids is 2. The fraction of sp³-hybridized carbons (Fsp3) is 0.364. The third kappa shape index (κ3) is 5.89. The molecule has 2 heterocycles. The molecule has 2 fully saturated rings. The molecule has 2 saturated heterocycles. The first-order valence-electron chi connectivity index (χ1n) is 14.5. The number of carboxylic acids is 1. The predicted molar refractivity (Wildman–Crippen MR) is 158 cm³/mol. The van der Waals surface area contributed by atoms with Crippen LogP contribution in [0.25, 0.3) is 11.1 Å². The van der Waals surface area contributed by atoms with Gasteiger partial charge in [0.1, 0.15) is 12.6 Å². The number of anilines is 1. The number of benzene rings is 3. The van der Waals surface area contributed by atoms with Crippen molar-refractivity contribution in [1.29, 1.82) is 0 Å². The Bertz CT molecular complexity index is 1410. The first kappa shape index (κ1) is 27.9. The van der Waals surface area contributed by atoms with Crippen molar-refractivity contribution in [2.75, 3.05) is 44.4 Å². The molecular formula is C33H35N3O6. The molecular weight excluding hydrogens is 534 g/mol. The number of piperazine rings is 1. The summed E-state index contributed by atoms with van der Waals surface area (Å²) in [5, 5.41) is 12.3. The van der Waals surface area contributed by atoms with Gasteiger partial charge in [-0.3, -0.25) is 9.69 Å². The Morgan fingerprint density at radius 1 is 0.929 bits per heavy atom. The van der Waals surface area contributed by atoms with Crippen molar-refractivity contribution in [3.05, 3.63) is 89.5 Å². The molecule has 3 aromatic rings. The van der Waals surface area contributed by atoms with Crippen molar-refractivity contribution in [3.8, 4) is 11.1 Å². The summed E-state index contributed by atoms with van der Waals surface area (Å²) >= 11 is 0. The van der Waals surface area contributed by atoms with E-state index in [0.29, 0.717) is 19.1 Å². The van der Waals surface area contributed by atoms with Gasteiger partial charge in [0, 0.05) is 50.4 Å². The van der Waals surface area contributed by atoms with E-state index < -0.39 is 18.1 Å². The number of ether oxygens (including phenoxy) is 2. The lowest BCUT2D eigenvalue weighted by atomic mass is 9.98. The third-order valence-corrected chi connectivity index (χ3v) is 8.58. The van der Waals surface area contributed by atoms with Crippen molar-refractivity contribution in [1.82, 2.24) is 10.2 Å². The van der Waals surface area contributed by atoms with E-state index in [0.717, 1.165) is 66.1 Å². The van der Waals surface area contributed by atoms with Crippen LogP contribution < -0.4 is 10.2 Å². The SMILES string of the molecule is O=C(N[C@@H](Cc1ccc(N2CCN(C3CCOCC3)CC2=O)cc1)C(=O)O)OCC1c2ccccc2-c2ccccc21. The second-order valence-electron chi connectivity index (χ2n) is 11.1. The minimum atomic E-state index is -1.16. The summed E-state index contributed by atoms with van der Waals surface area (Å²) in [7, 11) is 0. The van der Waals surface area contributed by atoms with Crippen LogP contribution in [-0.2, 0) is 25.5 Å². The number of fused-ring (bicyclic) bond motifs is 3. The van der Waals surface area contributed by atoms with Crippen LogP contribution in [0.15, 0.2) is 72.8 Å². The average Bonchev–Trinajstić information content (AvgIpc) is 3.34. The summed E-state index contributed by atoms with van der Waals surface area (Å²) in [6.45, 7) is 3.40. The first-order chi connectivity index (χ1) is 20.5. The number of rotatable bonds is 8. The largest absolute Gasteiger partial charge is 0.480 e. The van der Waals surface area contributed by atoms with Gasteiger partial charge >= 0.3 is 12.1 Å². The Kier molecular flexibility index (Phi) is 8.21. The van der Waals surface area contributed by atoms with Crippen LogP contribution in [0.3, 0.4) is 0 Å². The van der Waals surface area contributed by atoms with Crippen molar-refractivity contribution < 1.29 is 29.0 Å². The molecule has 9 nitrogen and oxygen atoms in total. The van der Waals surface area contributed by atoms with E-state index in [1.165, 1.54) is 0 Å². The zero-order chi connectivity index (χ0) is 29.1. The van der Waals surface area contributed by atoms with Gasteiger partial charge in [-0.05, 0) is 52.8 Å². The van der Waals surface area contributed by atoms with Gasteiger partial charge in [0.25, 0.3) is 0 Å². The van der Waals surface area contributed by atoms with E-state index in [1.807, 2.05) is 60.7 Å². The average molecular weight is 570 g/mol. The van der Waals surface area contributed by atoms with Gasteiger partial charge in [-0.15, -0.1) is 0 Å². The van der Waals surface area contributed by atoms with Crippen LogP contribution >= 0.6 is 0 Å². The van der Waals surface area contributed by atoms with Crippen LogP contribution in [0.1, 0.15) is 35.4 Å². The predicted octanol–water partition coefficient (Wildman–Crippen LogP) is 4.05. The highest BCUT2D eigenvalue weighted by Crippen LogP contribution is 2.44. The van der Waals surface area contributed by atoms with Gasteiger partial charge < -0.3 is 24.8 Å². The first-order valence-corrected chi connectivity index (χ1v) is 14.5. The molecule has 1 atom stereocenters. The summed E-state index contributed by atoms with van der Waals surface area (Å²) < 4.78 is 11.0. The lowest BCUT2D eigenvalue weighted by Gasteiger charge is -2.40. The van der Waals surface area contributed by atoms with Gasteiger partial charge in [-0.25, -0.2) is 9.59 Å². The fourth-order valence-corrected chi connectivity index (χ4v) is 6.36. The summed E-state index contributed by atoms with van der Waals surface area (Å²) in [5.74, 6) is -1.20. The molecule has 3 aliphatic rings. The Balaban J connectivity index is 1.04. The van der Waals surface area contributed by atoms with Gasteiger partial charge in [-0.1, -0.05) is 60.7 Å². The van der Waals surface area contributed by atoms with E-state index >= 15 is 0 Å². The normalized spacial score (nSPS) is 18.3. The fourth-order valence-electron chi connectivity index (χ4n) is 6.36. The molecule has 218 valence electrons. The van der Waals surface area contributed by atoms with Gasteiger partial charge in [-0.2, -0.15) is 0 Å². The van der Waals surface area contributed by atoms with E-state index in [9.17, 15) is 19.5 Å². The summed E-state index contributed by atoms with van der Waals surface area (Å²) in [6, 6.07) is 22.6. The van der Waals surface area contributed by atoms with Gasteiger partial charge in [0.05, 0.1) is 6.54 Å². The number of hydrogen-bond acceptors (Lipinski definition) is 6. The van der Waals surface area contributed by atoms with Crippen molar-refractivity contribution >= 4 is 23.7 Å². The Morgan fingerprint density at radius 3 is 2.19 bits per heavy atom. The Hall–Kier alpha value is -4.21. The molecule has 0 unspecified atom stereocenters. The molecule has 3 aromatic carbocycles. The highest BCUT2D eigenvalue weighted by molar-refractivity contribution is 5.95. The lowest BCUT2D eigenvalue weighted by molar-refractivity contribution is -0.139. The molecule has 0 radical (unpaired) electrons. The number of nitrogens with one attached hydrogen (secondary N) is 1. The molecule has 2 aliphatic heterocycles. The molecule has 9 heteroatoms. The smallest absolute Gasteiger partial charge is 0.407 e. The lowest BCUT2D eigenvalue weighted by Crippen LogP contribution is -2.54. The van der Waals surface area contributed by atoms with E-state index in [1.54, 1.807) is 4.90 Å². The van der Waals surface area contributed by atoms with Crippen LogP contribution in [0.2, 0.25) is 0 Å². The maximum atomic E-state index is 12.9. The molecule has 0 saturated carbocycles. The maximum Gasteiger partial charge on any atom is 0.407 e. The van der Waals surface area contributed by atoms with E-state index in [-0.39, 0.29) is 24.9 Å². The molecule has 0 spiro atoms. The molecule has 2 N–H and O–H groups in total. The van der Waals surface area contributed by atoms with Crippen LogP contribution in [0.5, 0.6) is 0 Å². The highest BCUT2D eigenvalue weighted by atomic mass is 16.5. The summed E-state index contributed by atoms with van der Waals surface area (Å²) in [6.07, 6.45) is 1.23.